The molecule has 0 aliphatic heterocycles. The van der Waals surface area contributed by atoms with E-state index in [9.17, 15) is 13.6 Å². The molecule has 0 saturated heterocycles. The molecule has 1 heterocycles. The Labute approximate surface area is 183 Å². The molecule has 162 valence electrons. The zero-order chi connectivity index (χ0) is 21.6. The van der Waals surface area contributed by atoms with Crippen molar-refractivity contribution in [2.45, 2.75) is 31.7 Å². The van der Waals surface area contributed by atoms with Crippen LogP contribution in [0.3, 0.4) is 0 Å². The predicted molar refractivity (Wildman–Crippen MR) is 118 cm³/mol. The number of nitrogens with one attached hydrogen (secondary N) is 3. The van der Waals surface area contributed by atoms with Gasteiger partial charge in [0, 0.05) is 41.6 Å². The van der Waals surface area contributed by atoms with Gasteiger partial charge in [0.05, 0.1) is 0 Å². The average molecular weight is 439 g/mol. The number of hydrogen-bond donors (Lipinski definition) is 3. The van der Waals surface area contributed by atoms with Gasteiger partial charge in [0.1, 0.15) is 5.82 Å². The molecule has 0 bridgehead atoms. The largest absolute Gasteiger partial charge is 0.772 e. The van der Waals surface area contributed by atoms with E-state index in [1.807, 2.05) is 36.4 Å². The molecule has 1 saturated carbocycles. The van der Waals surface area contributed by atoms with Crippen LogP contribution in [0.1, 0.15) is 46.9 Å². The lowest BCUT2D eigenvalue weighted by Gasteiger charge is -2.22. The number of aromatic nitrogens is 3. The van der Waals surface area contributed by atoms with E-state index in [2.05, 4.69) is 25.8 Å². The van der Waals surface area contributed by atoms with Gasteiger partial charge in [-0.25, -0.2) is 4.98 Å². The van der Waals surface area contributed by atoms with Crippen molar-refractivity contribution in [1.82, 2.24) is 20.5 Å². The van der Waals surface area contributed by atoms with Crippen molar-refractivity contribution in [3.63, 3.8) is 0 Å². The van der Waals surface area contributed by atoms with Gasteiger partial charge < -0.3 is 15.2 Å². The van der Waals surface area contributed by atoms with Gasteiger partial charge in [0.15, 0.2) is 5.82 Å². The Hall–Kier alpha value is -2.88. The Morgan fingerprint density at radius 2 is 2.00 bits per heavy atom. The SMILES string of the molecule is O=C(Nc1ccc(-c2n[nH]c(C3CCC3)n2)cc1)c1cccc(CNCCS(=O)[O-])c1. The van der Waals surface area contributed by atoms with E-state index in [-0.39, 0.29) is 11.7 Å². The molecule has 1 aliphatic rings. The van der Waals surface area contributed by atoms with Gasteiger partial charge in [0.25, 0.3) is 5.91 Å². The van der Waals surface area contributed by atoms with Crippen LogP contribution in [-0.4, -0.2) is 42.1 Å². The highest BCUT2D eigenvalue weighted by molar-refractivity contribution is 7.79. The number of aromatic amines is 1. The summed E-state index contributed by atoms with van der Waals surface area (Å²) in [7, 11) is 0. The van der Waals surface area contributed by atoms with E-state index in [1.165, 1.54) is 6.42 Å². The molecule has 0 radical (unpaired) electrons. The second-order valence-corrected chi connectivity index (χ2v) is 8.60. The molecule has 9 heteroatoms. The highest BCUT2D eigenvalue weighted by Crippen LogP contribution is 2.34. The van der Waals surface area contributed by atoms with E-state index >= 15 is 0 Å². The van der Waals surface area contributed by atoms with Gasteiger partial charge in [-0.2, -0.15) is 5.10 Å². The highest BCUT2D eigenvalue weighted by atomic mass is 32.2. The van der Waals surface area contributed by atoms with Gasteiger partial charge in [0.2, 0.25) is 0 Å². The van der Waals surface area contributed by atoms with Crippen molar-refractivity contribution in [3.05, 3.63) is 65.5 Å². The predicted octanol–water partition coefficient (Wildman–Crippen LogP) is 2.96. The maximum atomic E-state index is 12.6. The van der Waals surface area contributed by atoms with Gasteiger partial charge in [-0.3, -0.25) is 14.1 Å². The van der Waals surface area contributed by atoms with Crippen LogP contribution in [0.5, 0.6) is 0 Å². The molecule has 1 unspecified atom stereocenters. The first-order valence-electron chi connectivity index (χ1n) is 10.3. The van der Waals surface area contributed by atoms with E-state index in [4.69, 9.17) is 0 Å². The Balaban J connectivity index is 1.34. The molecule has 1 fully saturated rings. The van der Waals surface area contributed by atoms with Crippen LogP contribution >= 0.6 is 0 Å². The van der Waals surface area contributed by atoms with Crippen molar-refractivity contribution < 1.29 is 13.6 Å². The highest BCUT2D eigenvalue weighted by Gasteiger charge is 2.23. The summed E-state index contributed by atoms with van der Waals surface area (Å²) in [5, 5.41) is 13.3. The number of hydrogen-bond acceptors (Lipinski definition) is 6. The van der Waals surface area contributed by atoms with Gasteiger partial charge in [-0.15, -0.1) is 0 Å². The van der Waals surface area contributed by atoms with Crippen LogP contribution in [0, 0.1) is 0 Å². The lowest BCUT2D eigenvalue weighted by Crippen LogP contribution is -2.20. The summed E-state index contributed by atoms with van der Waals surface area (Å²) in [5.74, 6) is 1.98. The molecular formula is C22H24N5O3S-. The van der Waals surface area contributed by atoms with E-state index in [0.29, 0.717) is 36.1 Å². The molecule has 1 amide bonds. The van der Waals surface area contributed by atoms with E-state index in [0.717, 1.165) is 29.8 Å². The van der Waals surface area contributed by atoms with Crippen LogP contribution in [-0.2, 0) is 17.6 Å². The van der Waals surface area contributed by atoms with Crippen molar-refractivity contribution in [2.75, 3.05) is 17.6 Å². The molecule has 1 atom stereocenters. The third-order valence-electron chi connectivity index (χ3n) is 5.36. The smallest absolute Gasteiger partial charge is 0.255 e. The van der Waals surface area contributed by atoms with E-state index < -0.39 is 11.1 Å². The number of amides is 1. The first kappa shape index (κ1) is 21.4. The first-order chi connectivity index (χ1) is 15.1. The summed E-state index contributed by atoms with van der Waals surface area (Å²) in [4.78, 5) is 17.2. The Bertz CT molecular complexity index is 1060. The molecule has 2 aromatic carbocycles. The number of anilines is 1. The van der Waals surface area contributed by atoms with Crippen LogP contribution in [0.4, 0.5) is 5.69 Å². The number of carbonyl (C=O) groups excluding carboxylic acids is 1. The summed E-state index contributed by atoms with van der Waals surface area (Å²) in [5.41, 5.74) is 3.03. The molecule has 1 aromatic heterocycles. The Morgan fingerprint density at radius 1 is 1.19 bits per heavy atom. The van der Waals surface area contributed by atoms with Crippen LogP contribution in [0.25, 0.3) is 11.4 Å². The number of benzene rings is 2. The normalized spacial score (nSPS) is 14.7. The van der Waals surface area contributed by atoms with Crippen LogP contribution in [0.2, 0.25) is 0 Å². The lowest BCUT2D eigenvalue weighted by atomic mass is 9.85. The fourth-order valence-electron chi connectivity index (χ4n) is 3.38. The molecule has 3 N–H and O–H groups in total. The van der Waals surface area contributed by atoms with Gasteiger partial charge in [-0.1, -0.05) is 29.6 Å². The fraction of sp³-hybridized carbons (Fsp3) is 0.318. The molecule has 31 heavy (non-hydrogen) atoms. The van der Waals surface area contributed by atoms with Gasteiger partial charge >= 0.3 is 0 Å². The minimum atomic E-state index is -2.06. The van der Waals surface area contributed by atoms with E-state index in [1.54, 1.807) is 12.1 Å². The summed E-state index contributed by atoms with van der Waals surface area (Å²) >= 11 is -2.06. The molecule has 4 rings (SSSR count). The fourth-order valence-corrected chi connectivity index (χ4v) is 3.70. The standard InChI is InChI=1S/C22H25N5O3S/c28-22(18-6-1-3-15(13-18)14-23-11-12-31(29)30)24-19-9-7-17(8-10-19)21-25-20(26-27-21)16-4-2-5-16/h1,3,6-10,13,16,23H,2,4-5,11-12,14H2,(H,24,28)(H,29,30)(H,25,26,27)/p-1. The third-order valence-corrected chi connectivity index (χ3v) is 5.90. The Kier molecular flexibility index (Phi) is 6.86. The van der Waals surface area contributed by atoms with Gasteiger partial charge in [-0.05, 0) is 54.8 Å². The summed E-state index contributed by atoms with van der Waals surface area (Å²) in [6.07, 6.45) is 3.58. The maximum Gasteiger partial charge on any atom is 0.255 e. The number of rotatable bonds is 9. The third kappa shape index (κ3) is 5.63. The molecule has 8 nitrogen and oxygen atoms in total. The quantitative estimate of drug-likeness (QED) is 0.349. The number of carbonyl (C=O) groups is 1. The zero-order valence-electron chi connectivity index (χ0n) is 17.0. The second-order valence-electron chi connectivity index (χ2n) is 7.59. The average Bonchev–Trinajstić information content (AvgIpc) is 3.20. The van der Waals surface area contributed by atoms with Crippen molar-refractivity contribution in [2.24, 2.45) is 0 Å². The monoisotopic (exact) mass is 438 g/mol. The summed E-state index contributed by atoms with van der Waals surface area (Å²) < 4.78 is 21.1. The van der Waals surface area contributed by atoms with Crippen molar-refractivity contribution in [1.29, 1.82) is 0 Å². The topological polar surface area (TPSA) is 123 Å². The van der Waals surface area contributed by atoms with Crippen molar-refractivity contribution in [3.8, 4) is 11.4 Å². The lowest BCUT2D eigenvalue weighted by molar-refractivity contribution is 0.102. The first-order valence-corrected chi connectivity index (χ1v) is 11.5. The summed E-state index contributed by atoms with van der Waals surface area (Å²) in [6.45, 7) is 0.860. The zero-order valence-corrected chi connectivity index (χ0v) is 17.8. The number of H-pyrrole nitrogens is 1. The maximum absolute atomic E-state index is 12.6. The Morgan fingerprint density at radius 3 is 2.71 bits per heavy atom. The number of nitrogens with zero attached hydrogens (tertiary/aromatic N) is 2. The molecule has 0 spiro atoms. The molecular weight excluding hydrogens is 414 g/mol. The van der Waals surface area contributed by atoms with Crippen LogP contribution < -0.4 is 10.6 Å². The minimum Gasteiger partial charge on any atom is -0.772 e. The molecule has 1 aliphatic carbocycles. The minimum absolute atomic E-state index is 0.0614. The van der Waals surface area contributed by atoms with Crippen molar-refractivity contribution >= 4 is 22.7 Å². The second kappa shape index (κ2) is 9.95. The summed E-state index contributed by atoms with van der Waals surface area (Å²) in [6, 6.07) is 14.7. The van der Waals surface area contributed by atoms with Crippen LogP contribution in [0.15, 0.2) is 48.5 Å². The molecule has 3 aromatic rings.